The molecule has 7 rings (SSSR count). The average Bonchev–Trinajstić information content (AvgIpc) is 3.36. The van der Waals surface area contributed by atoms with Gasteiger partial charge in [-0.05, 0) is 49.9 Å². The van der Waals surface area contributed by atoms with Crippen LogP contribution >= 0.6 is 0 Å². The van der Waals surface area contributed by atoms with Gasteiger partial charge in [-0.3, -0.25) is 4.98 Å². The molecule has 4 aromatic heterocycles. The molecule has 4 nitrogen and oxygen atoms in total. The SMILES string of the molecule is Cc1c[c-]c(-c2cc(C)c(C)cn2)cc1.Cc1nccc2c1ccc1c3cc[c-]c(-c4ccccn4)c3oc21.[Ir]. The largest absolute Gasteiger partial charge is 0.500 e. The Morgan fingerprint density at radius 1 is 0.650 bits per heavy atom. The van der Waals surface area contributed by atoms with Crippen LogP contribution in [0.2, 0.25) is 0 Å². The van der Waals surface area contributed by atoms with Crippen LogP contribution in [0.25, 0.3) is 55.2 Å². The summed E-state index contributed by atoms with van der Waals surface area (Å²) in [4.78, 5) is 13.2. The van der Waals surface area contributed by atoms with Crippen molar-refractivity contribution in [3.63, 3.8) is 0 Å². The van der Waals surface area contributed by atoms with Crippen molar-refractivity contribution >= 4 is 32.7 Å². The van der Waals surface area contributed by atoms with Crippen molar-refractivity contribution in [3.05, 3.63) is 126 Å². The first-order valence-corrected chi connectivity index (χ1v) is 12.9. The molecule has 0 fully saturated rings. The summed E-state index contributed by atoms with van der Waals surface area (Å²) < 4.78 is 6.31. The van der Waals surface area contributed by atoms with Crippen LogP contribution < -0.4 is 0 Å². The third-order valence-corrected chi connectivity index (χ3v) is 7.08. The maximum Gasteiger partial charge on any atom is 0.128 e. The van der Waals surface area contributed by atoms with Crippen LogP contribution in [-0.2, 0) is 20.1 Å². The normalized spacial score (nSPS) is 10.8. The van der Waals surface area contributed by atoms with Gasteiger partial charge < -0.3 is 14.4 Å². The molecule has 0 saturated carbocycles. The molecule has 0 atom stereocenters. The van der Waals surface area contributed by atoms with Crippen molar-refractivity contribution in [1.82, 2.24) is 15.0 Å². The van der Waals surface area contributed by atoms with E-state index in [-0.39, 0.29) is 20.1 Å². The van der Waals surface area contributed by atoms with Gasteiger partial charge in [-0.25, -0.2) is 0 Å². The molecule has 40 heavy (non-hydrogen) atoms. The Hall–Kier alpha value is -4.18. The summed E-state index contributed by atoms with van der Waals surface area (Å²) >= 11 is 0. The molecule has 0 saturated heterocycles. The zero-order valence-corrected chi connectivity index (χ0v) is 25.1. The molecular formula is C35H27IrN3O-2. The molecule has 0 unspecified atom stereocenters. The van der Waals surface area contributed by atoms with E-state index < -0.39 is 0 Å². The second-order valence-electron chi connectivity index (χ2n) is 9.78. The molecule has 0 N–H and O–H groups in total. The number of rotatable bonds is 2. The minimum atomic E-state index is 0. The predicted octanol–water partition coefficient (Wildman–Crippen LogP) is 8.78. The van der Waals surface area contributed by atoms with Gasteiger partial charge in [-0.2, -0.15) is 0 Å². The molecular weight excluding hydrogens is 671 g/mol. The van der Waals surface area contributed by atoms with Gasteiger partial charge in [0, 0.05) is 60.5 Å². The second-order valence-corrected chi connectivity index (χ2v) is 9.78. The van der Waals surface area contributed by atoms with Gasteiger partial charge >= 0.3 is 0 Å². The summed E-state index contributed by atoms with van der Waals surface area (Å²) in [5, 5.41) is 4.39. The van der Waals surface area contributed by atoms with Crippen molar-refractivity contribution in [3.8, 4) is 22.5 Å². The molecule has 0 aliphatic carbocycles. The van der Waals surface area contributed by atoms with Gasteiger partial charge in [0.25, 0.3) is 0 Å². The Morgan fingerprint density at radius 3 is 2.20 bits per heavy atom. The van der Waals surface area contributed by atoms with E-state index in [9.17, 15) is 0 Å². The van der Waals surface area contributed by atoms with Crippen LogP contribution in [0, 0.1) is 39.8 Å². The van der Waals surface area contributed by atoms with Crippen molar-refractivity contribution in [2.24, 2.45) is 0 Å². The molecule has 0 spiro atoms. The average molecular weight is 698 g/mol. The molecule has 4 heterocycles. The number of pyridine rings is 3. The summed E-state index contributed by atoms with van der Waals surface area (Å²) in [6.45, 7) is 8.26. The Labute approximate surface area is 247 Å². The molecule has 0 amide bonds. The number of hydrogen-bond donors (Lipinski definition) is 0. The van der Waals surface area contributed by atoms with Crippen LogP contribution in [0.15, 0.2) is 95.8 Å². The topological polar surface area (TPSA) is 51.8 Å². The van der Waals surface area contributed by atoms with Crippen molar-refractivity contribution in [2.45, 2.75) is 27.7 Å². The summed E-state index contributed by atoms with van der Waals surface area (Å²) in [5.41, 5.74) is 10.3. The van der Waals surface area contributed by atoms with Gasteiger partial charge in [0.05, 0.1) is 5.58 Å². The number of benzene rings is 3. The number of aromatic nitrogens is 3. The Kier molecular flexibility index (Phi) is 7.88. The predicted molar refractivity (Wildman–Crippen MR) is 159 cm³/mol. The molecule has 0 bridgehead atoms. The van der Waals surface area contributed by atoms with E-state index in [1.165, 1.54) is 16.7 Å². The van der Waals surface area contributed by atoms with Gasteiger partial charge in [0.15, 0.2) is 0 Å². The number of hydrogen-bond acceptors (Lipinski definition) is 4. The van der Waals surface area contributed by atoms with E-state index in [4.69, 9.17) is 4.42 Å². The van der Waals surface area contributed by atoms with E-state index in [1.807, 2.05) is 61.8 Å². The Morgan fingerprint density at radius 2 is 1.45 bits per heavy atom. The smallest absolute Gasteiger partial charge is 0.128 e. The van der Waals surface area contributed by atoms with Crippen LogP contribution in [-0.4, -0.2) is 15.0 Å². The first-order chi connectivity index (χ1) is 19.0. The standard InChI is InChI=1S/C21H13N2O.C14H14N.Ir/c1-13-14-8-9-16-15-5-4-6-18(19-7-2-3-11-23-19)21(15)24-20(16)17(14)10-12-22-13;1-10-4-6-13(7-5-10)14-8-11(2)12(3)9-15-14;/h2-5,7-12H,1H3;4-6,8-9H,1-3H3;/q2*-1;. The summed E-state index contributed by atoms with van der Waals surface area (Å²) in [6.07, 6.45) is 5.53. The van der Waals surface area contributed by atoms with E-state index >= 15 is 0 Å². The van der Waals surface area contributed by atoms with Crippen molar-refractivity contribution < 1.29 is 24.5 Å². The summed E-state index contributed by atoms with van der Waals surface area (Å²) in [5.74, 6) is 0. The van der Waals surface area contributed by atoms with E-state index in [2.05, 4.69) is 78.2 Å². The number of aryl methyl sites for hydroxylation is 4. The van der Waals surface area contributed by atoms with Crippen molar-refractivity contribution in [1.29, 1.82) is 0 Å². The minimum absolute atomic E-state index is 0. The van der Waals surface area contributed by atoms with Crippen LogP contribution in [0.1, 0.15) is 22.4 Å². The molecule has 5 heteroatoms. The van der Waals surface area contributed by atoms with E-state index in [0.717, 1.165) is 60.9 Å². The number of furan rings is 1. The third kappa shape index (κ3) is 5.18. The maximum atomic E-state index is 6.31. The molecule has 3 aromatic carbocycles. The summed E-state index contributed by atoms with van der Waals surface area (Å²) in [7, 11) is 0. The fourth-order valence-electron chi connectivity index (χ4n) is 4.73. The van der Waals surface area contributed by atoms with Crippen molar-refractivity contribution in [2.75, 3.05) is 0 Å². The zero-order valence-electron chi connectivity index (χ0n) is 22.7. The molecule has 0 aliphatic rings. The monoisotopic (exact) mass is 698 g/mol. The molecule has 1 radical (unpaired) electrons. The fourth-order valence-corrected chi connectivity index (χ4v) is 4.73. The molecule has 199 valence electrons. The minimum Gasteiger partial charge on any atom is -0.500 e. The van der Waals surface area contributed by atoms with Crippen LogP contribution in [0.4, 0.5) is 0 Å². The van der Waals surface area contributed by atoms with Crippen LogP contribution in [0.5, 0.6) is 0 Å². The zero-order chi connectivity index (χ0) is 26.9. The van der Waals surface area contributed by atoms with Gasteiger partial charge in [0.1, 0.15) is 5.58 Å². The molecule has 0 aliphatic heterocycles. The first-order valence-electron chi connectivity index (χ1n) is 12.9. The fraction of sp³-hybridized carbons (Fsp3) is 0.114. The first kappa shape index (κ1) is 27.4. The maximum absolute atomic E-state index is 6.31. The summed E-state index contributed by atoms with van der Waals surface area (Å²) in [6, 6.07) is 30.8. The Balaban J connectivity index is 0.000000175. The molecule has 7 aromatic rings. The van der Waals surface area contributed by atoms with E-state index in [0.29, 0.717) is 0 Å². The number of nitrogens with zero attached hydrogens (tertiary/aromatic N) is 3. The third-order valence-electron chi connectivity index (χ3n) is 7.08. The van der Waals surface area contributed by atoms with Crippen LogP contribution in [0.3, 0.4) is 0 Å². The quantitative estimate of drug-likeness (QED) is 0.170. The number of fused-ring (bicyclic) bond motifs is 5. The van der Waals surface area contributed by atoms with Gasteiger partial charge in [-0.1, -0.05) is 53.8 Å². The second kappa shape index (κ2) is 11.5. The Bertz CT molecular complexity index is 1940. The van der Waals surface area contributed by atoms with E-state index in [1.54, 1.807) is 6.20 Å². The van der Waals surface area contributed by atoms with Gasteiger partial charge in [0.2, 0.25) is 0 Å². The van der Waals surface area contributed by atoms with Gasteiger partial charge in [-0.15, -0.1) is 53.6 Å².